The van der Waals surface area contributed by atoms with E-state index < -0.39 is 17.0 Å². The summed E-state index contributed by atoms with van der Waals surface area (Å²) in [4.78, 5) is 8.90. The molecule has 0 aromatic carbocycles. The number of rotatable bonds is 2. The van der Waals surface area contributed by atoms with E-state index >= 15 is 0 Å². The molecule has 1 rings (SSSR count). The molecular formula is C7H3F5OS. The van der Waals surface area contributed by atoms with Gasteiger partial charge in [-0.05, 0) is 6.07 Å². The summed E-state index contributed by atoms with van der Waals surface area (Å²) >= 11 is 0.207. The Morgan fingerprint density at radius 3 is 2.14 bits per heavy atom. The standard InChI is InChI=1S/C7H3F5OS/c8-6(9,7(10,11)12)5-1-4(2-13)3-14-5/h1-3H. The summed E-state index contributed by atoms with van der Waals surface area (Å²) in [7, 11) is 0. The number of halogens is 5. The summed E-state index contributed by atoms with van der Waals surface area (Å²) < 4.78 is 60.6. The van der Waals surface area contributed by atoms with E-state index in [1.54, 1.807) is 0 Å². The maximum atomic E-state index is 12.6. The summed E-state index contributed by atoms with van der Waals surface area (Å²) in [5.74, 6) is -4.89. The van der Waals surface area contributed by atoms with E-state index in [4.69, 9.17) is 0 Å². The molecule has 0 spiro atoms. The minimum Gasteiger partial charge on any atom is -0.298 e. The highest BCUT2D eigenvalue weighted by atomic mass is 32.1. The second kappa shape index (κ2) is 3.30. The molecule has 0 radical (unpaired) electrons. The summed E-state index contributed by atoms with van der Waals surface area (Å²) in [6, 6.07) is 0.533. The van der Waals surface area contributed by atoms with Crippen molar-refractivity contribution in [2.24, 2.45) is 0 Å². The van der Waals surface area contributed by atoms with Crippen molar-refractivity contribution in [1.29, 1.82) is 0 Å². The Bertz CT molecular complexity index is 340. The van der Waals surface area contributed by atoms with E-state index in [1.807, 2.05) is 0 Å². The molecule has 7 heteroatoms. The van der Waals surface area contributed by atoms with Crippen LogP contribution in [-0.2, 0) is 5.92 Å². The normalized spacial score (nSPS) is 12.9. The van der Waals surface area contributed by atoms with E-state index in [1.165, 1.54) is 0 Å². The first kappa shape index (κ1) is 11.1. The van der Waals surface area contributed by atoms with Crippen LogP contribution in [0.2, 0.25) is 0 Å². The molecule has 0 aliphatic rings. The molecule has 78 valence electrons. The molecule has 0 fully saturated rings. The third-order valence-corrected chi connectivity index (χ3v) is 2.44. The molecule has 0 saturated heterocycles. The molecule has 0 N–H and O–H groups in total. The Labute approximate surface area is 79.2 Å². The number of alkyl halides is 5. The molecule has 0 unspecified atom stereocenters. The van der Waals surface area contributed by atoms with Gasteiger partial charge in [0, 0.05) is 10.9 Å². The van der Waals surface area contributed by atoms with Gasteiger partial charge >= 0.3 is 12.1 Å². The zero-order chi connectivity index (χ0) is 11.0. The predicted octanol–water partition coefficient (Wildman–Crippen LogP) is 3.21. The highest BCUT2D eigenvalue weighted by molar-refractivity contribution is 7.10. The number of hydrogen-bond donors (Lipinski definition) is 0. The van der Waals surface area contributed by atoms with Crippen LogP contribution in [0.3, 0.4) is 0 Å². The summed E-state index contributed by atoms with van der Waals surface area (Å²) in [6.45, 7) is 0. The summed E-state index contributed by atoms with van der Waals surface area (Å²) in [5, 5.41) is 0.946. The van der Waals surface area contributed by atoms with E-state index in [9.17, 15) is 26.7 Å². The zero-order valence-corrected chi connectivity index (χ0v) is 7.25. The third kappa shape index (κ3) is 1.77. The highest BCUT2D eigenvalue weighted by Gasteiger charge is 2.59. The van der Waals surface area contributed by atoms with Crippen LogP contribution in [-0.4, -0.2) is 12.5 Å². The van der Waals surface area contributed by atoms with Crippen LogP contribution in [0.25, 0.3) is 0 Å². The second-order valence-corrected chi connectivity index (χ2v) is 3.35. The van der Waals surface area contributed by atoms with Gasteiger partial charge in [0.15, 0.2) is 6.29 Å². The van der Waals surface area contributed by atoms with E-state index in [-0.39, 0.29) is 23.2 Å². The van der Waals surface area contributed by atoms with E-state index in [0.717, 1.165) is 5.38 Å². The topological polar surface area (TPSA) is 17.1 Å². The fraction of sp³-hybridized carbons (Fsp3) is 0.286. The Balaban J connectivity index is 3.09. The lowest BCUT2D eigenvalue weighted by molar-refractivity contribution is -0.287. The van der Waals surface area contributed by atoms with Gasteiger partial charge in [-0.2, -0.15) is 22.0 Å². The second-order valence-electron chi connectivity index (χ2n) is 2.43. The van der Waals surface area contributed by atoms with Gasteiger partial charge < -0.3 is 0 Å². The number of carbonyl (C=O) groups excluding carboxylic acids is 1. The molecule has 14 heavy (non-hydrogen) atoms. The van der Waals surface area contributed by atoms with E-state index in [2.05, 4.69) is 0 Å². The van der Waals surface area contributed by atoms with Crippen molar-refractivity contribution < 1.29 is 26.7 Å². The van der Waals surface area contributed by atoms with Gasteiger partial charge in [0.05, 0.1) is 4.88 Å². The predicted molar refractivity (Wildman–Crippen MR) is 39.7 cm³/mol. The van der Waals surface area contributed by atoms with Crippen molar-refractivity contribution in [2.45, 2.75) is 12.1 Å². The van der Waals surface area contributed by atoms with Crippen LogP contribution in [0.4, 0.5) is 22.0 Å². The molecule has 1 heterocycles. The van der Waals surface area contributed by atoms with Crippen LogP contribution >= 0.6 is 11.3 Å². The first-order valence-corrected chi connectivity index (χ1v) is 4.15. The van der Waals surface area contributed by atoms with Crippen molar-refractivity contribution in [3.05, 3.63) is 21.9 Å². The Kier molecular flexibility index (Phi) is 2.62. The van der Waals surface area contributed by atoms with Crippen LogP contribution < -0.4 is 0 Å². The smallest absolute Gasteiger partial charge is 0.298 e. The monoisotopic (exact) mass is 230 g/mol. The summed E-state index contributed by atoms with van der Waals surface area (Å²) in [6.07, 6.45) is -5.41. The first-order valence-electron chi connectivity index (χ1n) is 3.28. The lowest BCUT2D eigenvalue weighted by atomic mass is 10.2. The maximum Gasteiger partial charge on any atom is 0.458 e. The van der Waals surface area contributed by atoms with Gasteiger partial charge in [0.1, 0.15) is 0 Å². The fourth-order valence-corrected chi connectivity index (χ4v) is 1.57. The first-order chi connectivity index (χ1) is 6.29. The number of aldehydes is 1. The quantitative estimate of drug-likeness (QED) is 0.563. The zero-order valence-electron chi connectivity index (χ0n) is 6.44. The fourth-order valence-electron chi connectivity index (χ4n) is 0.717. The van der Waals surface area contributed by atoms with Gasteiger partial charge in [-0.3, -0.25) is 4.79 Å². The number of carbonyl (C=O) groups is 1. The van der Waals surface area contributed by atoms with Crippen molar-refractivity contribution in [3.63, 3.8) is 0 Å². The number of thiophene rings is 1. The van der Waals surface area contributed by atoms with E-state index in [0.29, 0.717) is 6.07 Å². The number of hydrogen-bond acceptors (Lipinski definition) is 2. The minimum absolute atomic E-state index is 0.186. The lowest BCUT2D eigenvalue weighted by Gasteiger charge is -2.17. The average Bonchev–Trinajstić information content (AvgIpc) is 2.49. The maximum absolute atomic E-state index is 12.6. The average molecular weight is 230 g/mol. The highest BCUT2D eigenvalue weighted by Crippen LogP contribution is 2.45. The molecule has 0 amide bonds. The Morgan fingerprint density at radius 2 is 1.79 bits per heavy atom. The molecule has 0 aliphatic heterocycles. The molecule has 0 bridgehead atoms. The lowest BCUT2D eigenvalue weighted by Crippen LogP contribution is -2.32. The van der Waals surface area contributed by atoms with Crippen molar-refractivity contribution in [1.82, 2.24) is 0 Å². The molecule has 0 aliphatic carbocycles. The SMILES string of the molecule is O=Cc1csc(C(F)(F)C(F)(F)F)c1. The van der Waals surface area contributed by atoms with Gasteiger partial charge in [-0.15, -0.1) is 11.3 Å². The molecule has 1 aromatic heterocycles. The van der Waals surface area contributed by atoms with Crippen LogP contribution in [0.15, 0.2) is 11.4 Å². The van der Waals surface area contributed by atoms with Gasteiger partial charge in [0.25, 0.3) is 0 Å². The van der Waals surface area contributed by atoms with Crippen LogP contribution in [0, 0.1) is 0 Å². The molecule has 0 saturated carbocycles. The Hall–Kier alpha value is -0.980. The van der Waals surface area contributed by atoms with Crippen molar-refractivity contribution in [2.75, 3.05) is 0 Å². The van der Waals surface area contributed by atoms with Gasteiger partial charge in [-0.25, -0.2) is 0 Å². The molecule has 1 aromatic rings. The van der Waals surface area contributed by atoms with Gasteiger partial charge in [-0.1, -0.05) is 0 Å². The van der Waals surface area contributed by atoms with Crippen LogP contribution in [0.1, 0.15) is 15.2 Å². The van der Waals surface area contributed by atoms with Crippen LogP contribution in [0.5, 0.6) is 0 Å². The Morgan fingerprint density at radius 1 is 1.21 bits per heavy atom. The molecule has 1 nitrogen and oxygen atoms in total. The largest absolute Gasteiger partial charge is 0.458 e. The van der Waals surface area contributed by atoms with Crippen molar-refractivity contribution >= 4 is 17.6 Å². The minimum atomic E-state index is -5.63. The summed E-state index contributed by atoms with van der Waals surface area (Å²) in [5.41, 5.74) is -0.186. The molecular weight excluding hydrogens is 227 g/mol. The third-order valence-electron chi connectivity index (χ3n) is 1.42. The van der Waals surface area contributed by atoms with Gasteiger partial charge in [0.2, 0.25) is 0 Å². The molecule has 0 atom stereocenters. The van der Waals surface area contributed by atoms with Crippen molar-refractivity contribution in [3.8, 4) is 0 Å².